The van der Waals surface area contributed by atoms with E-state index < -0.39 is 12.1 Å². The molecule has 5 heteroatoms. The summed E-state index contributed by atoms with van der Waals surface area (Å²) in [5.41, 5.74) is 1.44. The van der Waals surface area contributed by atoms with Crippen molar-refractivity contribution in [2.45, 2.75) is 6.10 Å². The molecule has 0 radical (unpaired) electrons. The summed E-state index contributed by atoms with van der Waals surface area (Å²) in [7, 11) is 1.27. The fraction of sp³-hybridized carbons (Fsp3) is 0.462. The number of rotatable bonds is 3. The summed E-state index contributed by atoms with van der Waals surface area (Å²) in [5, 5.41) is 9.97. The first kappa shape index (κ1) is 12.9. The third kappa shape index (κ3) is 2.63. The molecular formula is C13H17NO4. The fourth-order valence-electron chi connectivity index (χ4n) is 2.05. The van der Waals surface area contributed by atoms with Gasteiger partial charge in [0, 0.05) is 24.3 Å². The summed E-state index contributed by atoms with van der Waals surface area (Å²) >= 11 is 0. The van der Waals surface area contributed by atoms with Crippen molar-refractivity contribution in [2.24, 2.45) is 0 Å². The average molecular weight is 251 g/mol. The number of esters is 1. The minimum Gasteiger partial charge on any atom is -0.467 e. The number of benzene rings is 1. The van der Waals surface area contributed by atoms with E-state index in [4.69, 9.17) is 4.74 Å². The number of nitrogens with zero attached hydrogens (tertiary/aromatic N) is 1. The second kappa shape index (κ2) is 5.84. The third-order valence-corrected chi connectivity index (χ3v) is 3.01. The van der Waals surface area contributed by atoms with Crippen molar-refractivity contribution in [2.75, 3.05) is 38.3 Å². The van der Waals surface area contributed by atoms with E-state index in [1.54, 1.807) is 12.1 Å². The van der Waals surface area contributed by atoms with Crippen LogP contribution in [0.5, 0.6) is 0 Å². The van der Waals surface area contributed by atoms with Gasteiger partial charge in [-0.3, -0.25) is 0 Å². The van der Waals surface area contributed by atoms with E-state index in [2.05, 4.69) is 9.64 Å². The number of morpholine rings is 1. The summed E-state index contributed by atoms with van der Waals surface area (Å²) in [6.45, 7) is 2.82. The third-order valence-electron chi connectivity index (χ3n) is 3.01. The largest absolute Gasteiger partial charge is 0.467 e. The highest BCUT2D eigenvalue weighted by Crippen LogP contribution is 2.27. The number of para-hydroxylation sites is 1. The van der Waals surface area contributed by atoms with Crippen LogP contribution >= 0.6 is 0 Å². The van der Waals surface area contributed by atoms with E-state index in [0.717, 1.165) is 18.8 Å². The Kier molecular flexibility index (Phi) is 4.17. The zero-order chi connectivity index (χ0) is 13.0. The molecule has 1 unspecified atom stereocenters. The number of carbonyl (C=O) groups excluding carboxylic acids is 1. The minimum atomic E-state index is -1.24. The van der Waals surface area contributed by atoms with Gasteiger partial charge in [0.1, 0.15) is 0 Å². The van der Waals surface area contributed by atoms with Gasteiger partial charge in [0.2, 0.25) is 0 Å². The molecule has 1 N–H and O–H groups in total. The first-order valence-corrected chi connectivity index (χ1v) is 5.91. The maximum atomic E-state index is 11.4. The van der Waals surface area contributed by atoms with E-state index in [0.29, 0.717) is 18.8 Å². The van der Waals surface area contributed by atoms with Gasteiger partial charge in [0.05, 0.1) is 20.3 Å². The van der Waals surface area contributed by atoms with Gasteiger partial charge in [-0.1, -0.05) is 18.2 Å². The monoisotopic (exact) mass is 251 g/mol. The van der Waals surface area contributed by atoms with Crippen LogP contribution in [0, 0.1) is 0 Å². The summed E-state index contributed by atoms with van der Waals surface area (Å²) in [6.07, 6.45) is -1.24. The lowest BCUT2D eigenvalue weighted by Crippen LogP contribution is -2.37. The number of aliphatic hydroxyl groups is 1. The van der Waals surface area contributed by atoms with Gasteiger partial charge >= 0.3 is 5.97 Å². The summed E-state index contributed by atoms with van der Waals surface area (Å²) in [5.74, 6) is -0.643. The summed E-state index contributed by atoms with van der Waals surface area (Å²) < 4.78 is 9.87. The molecule has 0 aromatic heterocycles. The Morgan fingerprint density at radius 1 is 1.39 bits per heavy atom. The Hall–Kier alpha value is -1.59. The van der Waals surface area contributed by atoms with Crippen molar-refractivity contribution in [3.8, 4) is 0 Å². The molecule has 18 heavy (non-hydrogen) atoms. The van der Waals surface area contributed by atoms with Gasteiger partial charge in [0.15, 0.2) is 6.10 Å². The molecule has 1 heterocycles. The number of anilines is 1. The first-order chi connectivity index (χ1) is 8.74. The van der Waals surface area contributed by atoms with Gasteiger partial charge in [-0.2, -0.15) is 0 Å². The SMILES string of the molecule is COC(=O)C(O)c1ccccc1N1CCOCC1. The first-order valence-electron chi connectivity index (χ1n) is 5.91. The lowest BCUT2D eigenvalue weighted by atomic mass is 10.1. The van der Waals surface area contributed by atoms with Crippen LogP contribution in [0.3, 0.4) is 0 Å². The minimum absolute atomic E-state index is 0.575. The molecule has 1 saturated heterocycles. The van der Waals surface area contributed by atoms with Crippen LogP contribution in [-0.2, 0) is 14.3 Å². The Bertz CT molecular complexity index is 415. The predicted molar refractivity (Wildman–Crippen MR) is 66.4 cm³/mol. The molecule has 5 nitrogen and oxygen atoms in total. The molecular weight excluding hydrogens is 234 g/mol. The predicted octanol–water partition coefficient (Wildman–Crippen LogP) is 0.730. The van der Waals surface area contributed by atoms with Crippen LogP contribution in [0.25, 0.3) is 0 Å². The molecule has 0 bridgehead atoms. The second-order valence-electron chi connectivity index (χ2n) is 4.08. The lowest BCUT2D eigenvalue weighted by molar-refractivity contribution is -0.150. The average Bonchev–Trinajstić information content (AvgIpc) is 2.46. The van der Waals surface area contributed by atoms with Crippen molar-refractivity contribution < 1.29 is 19.4 Å². The van der Waals surface area contributed by atoms with Crippen molar-refractivity contribution in [3.63, 3.8) is 0 Å². The molecule has 1 fully saturated rings. The number of carbonyl (C=O) groups is 1. The molecule has 0 spiro atoms. The van der Waals surface area contributed by atoms with Crippen LogP contribution in [0.15, 0.2) is 24.3 Å². The molecule has 1 aromatic carbocycles. The Morgan fingerprint density at radius 3 is 2.72 bits per heavy atom. The topological polar surface area (TPSA) is 59.0 Å². The fourth-order valence-corrected chi connectivity index (χ4v) is 2.05. The molecule has 1 atom stereocenters. The molecule has 0 saturated carbocycles. The summed E-state index contributed by atoms with van der Waals surface area (Å²) in [6, 6.07) is 7.32. The van der Waals surface area contributed by atoms with E-state index in [-0.39, 0.29) is 0 Å². The Morgan fingerprint density at radius 2 is 2.06 bits per heavy atom. The van der Waals surface area contributed by atoms with Crippen LogP contribution in [0.2, 0.25) is 0 Å². The van der Waals surface area contributed by atoms with Gasteiger partial charge in [-0.25, -0.2) is 4.79 Å². The molecule has 1 aromatic rings. The zero-order valence-electron chi connectivity index (χ0n) is 10.3. The van der Waals surface area contributed by atoms with Crippen LogP contribution in [0.4, 0.5) is 5.69 Å². The highest BCUT2D eigenvalue weighted by Gasteiger charge is 2.23. The normalized spacial score (nSPS) is 17.3. The van der Waals surface area contributed by atoms with Crippen molar-refractivity contribution in [1.82, 2.24) is 0 Å². The van der Waals surface area contributed by atoms with Crippen molar-refractivity contribution in [3.05, 3.63) is 29.8 Å². The van der Waals surface area contributed by atoms with Gasteiger partial charge in [-0.15, -0.1) is 0 Å². The van der Waals surface area contributed by atoms with E-state index in [9.17, 15) is 9.90 Å². The van der Waals surface area contributed by atoms with E-state index in [1.165, 1.54) is 7.11 Å². The van der Waals surface area contributed by atoms with E-state index in [1.807, 2.05) is 12.1 Å². The van der Waals surface area contributed by atoms with Crippen LogP contribution in [-0.4, -0.2) is 44.5 Å². The van der Waals surface area contributed by atoms with Gasteiger partial charge < -0.3 is 19.5 Å². The number of hydrogen-bond acceptors (Lipinski definition) is 5. The van der Waals surface area contributed by atoms with E-state index >= 15 is 0 Å². The number of methoxy groups -OCH3 is 1. The molecule has 98 valence electrons. The van der Waals surface area contributed by atoms with Crippen LogP contribution < -0.4 is 4.90 Å². The number of aliphatic hydroxyl groups excluding tert-OH is 1. The molecule has 1 aliphatic rings. The van der Waals surface area contributed by atoms with Gasteiger partial charge in [-0.05, 0) is 6.07 Å². The number of ether oxygens (including phenoxy) is 2. The standard InChI is InChI=1S/C13H17NO4/c1-17-13(16)12(15)10-4-2-3-5-11(10)14-6-8-18-9-7-14/h2-5,12,15H,6-9H2,1H3. The van der Waals surface area contributed by atoms with Crippen LogP contribution in [0.1, 0.15) is 11.7 Å². The maximum Gasteiger partial charge on any atom is 0.339 e. The molecule has 0 amide bonds. The number of hydrogen-bond donors (Lipinski definition) is 1. The molecule has 2 rings (SSSR count). The van der Waals surface area contributed by atoms with Crippen molar-refractivity contribution >= 4 is 11.7 Å². The highest BCUT2D eigenvalue weighted by atomic mass is 16.5. The Labute approximate surface area is 106 Å². The smallest absolute Gasteiger partial charge is 0.339 e. The van der Waals surface area contributed by atoms with Gasteiger partial charge in [0.25, 0.3) is 0 Å². The Balaban J connectivity index is 2.27. The highest BCUT2D eigenvalue weighted by molar-refractivity contribution is 5.79. The van der Waals surface area contributed by atoms with Crippen molar-refractivity contribution in [1.29, 1.82) is 0 Å². The summed E-state index contributed by atoms with van der Waals surface area (Å²) in [4.78, 5) is 13.5. The maximum absolute atomic E-state index is 11.4. The second-order valence-corrected chi connectivity index (χ2v) is 4.08. The zero-order valence-corrected chi connectivity index (χ0v) is 10.3. The lowest BCUT2D eigenvalue weighted by Gasteiger charge is -2.31. The molecule has 0 aliphatic carbocycles. The quantitative estimate of drug-likeness (QED) is 0.803. The molecule has 1 aliphatic heterocycles.